The zero-order valence-electron chi connectivity index (χ0n) is 21.4. The normalized spacial score (nSPS) is 12.9. The van der Waals surface area contributed by atoms with E-state index >= 15 is 0 Å². The van der Waals surface area contributed by atoms with Crippen LogP contribution in [0.25, 0.3) is 0 Å². The molecule has 1 aliphatic carbocycles. The first kappa shape index (κ1) is 26.2. The SMILES string of the molecule is CN(c1ccc(Cl)cc1)c1ccc(C(=O)c2cc(C(=O)O)cc(N(C(=O)C3CCC3)c3ccccc3)c2)cc1. The topological polar surface area (TPSA) is 77.9 Å². The van der Waals surface area contributed by atoms with Gasteiger partial charge in [0.05, 0.1) is 11.3 Å². The van der Waals surface area contributed by atoms with E-state index in [2.05, 4.69) is 0 Å². The van der Waals surface area contributed by atoms with Crippen molar-refractivity contribution in [2.45, 2.75) is 19.3 Å². The number of carboxylic acid groups (broad SMARTS) is 1. The van der Waals surface area contributed by atoms with Crippen LogP contribution in [0.2, 0.25) is 5.02 Å². The van der Waals surface area contributed by atoms with Gasteiger partial charge in [-0.25, -0.2) is 4.79 Å². The van der Waals surface area contributed by atoms with E-state index in [1.165, 1.54) is 17.0 Å². The molecule has 5 rings (SSSR count). The smallest absolute Gasteiger partial charge is 0.335 e. The molecule has 0 saturated heterocycles. The number of nitrogens with zero attached hydrogens (tertiary/aromatic N) is 2. The number of hydrogen-bond acceptors (Lipinski definition) is 4. The fourth-order valence-corrected chi connectivity index (χ4v) is 4.76. The molecule has 0 atom stereocenters. The van der Waals surface area contributed by atoms with Crippen molar-refractivity contribution in [3.8, 4) is 0 Å². The van der Waals surface area contributed by atoms with Gasteiger partial charge in [-0.2, -0.15) is 0 Å². The number of carbonyl (C=O) groups is 3. The highest BCUT2D eigenvalue weighted by Crippen LogP contribution is 2.35. The highest BCUT2D eigenvalue weighted by molar-refractivity contribution is 6.30. The van der Waals surface area contributed by atoms with E-state index in [9.17, 15) is 19.5 Å². The average Bonchev–Trinajstić information content (AvgIpc) is 2.92. The maximum Gasteiger partial charge on any atom is 0.335 e. The molecule has 1 N–H and O–H groups in total. The lowest BCUT2D eigenvalue weighted by Gasteiger charge is -2.32. The van der Waals surface area contributed by atoms with Gasteiger partial charge in [-0.15, -0.1) is 0 Å². The zero-order valence-corrected chi connectivity index (χ0v) is 22.1. The number of anilines is 4. The van der Waals surface area contributed by atoms with Crippen LogP contribution < -0.4 is 9.80 Å². The van der Waals surface area contributed by atoms with Crippen molar-refractivity contribution in [2.24, 2.45) is 5.92 Å². The van der Waals surface area contributed by atoms with Crippen LogP contribution in [0.5, 0.6) is 0 Å². The second-order valence-corrected chi connectivity index (χ2v) is 10.1. The van der Waals surface area contributed by atoms with Crippen LogP contribution in [-0.4, -0.2) is 29.8 Å². The fraction of sp³-hybridized carbons (Fsp3) is 0.156. The third-order valence-corrected chi connectivity index (χ3v) is 7.36. The number of carbonyl (C=O) groups excluding carboxylic acids is 2. The first-order valence-electron chi connectivity index (χ1n) is 12.7. The summed E-state index contributed by atoms with van der Waals surface area (Å²) in [7, 11) is 1.92. The van der Waals surface area contributed by atoms with Crippen molar-refractivity contribution in [1.82, 2.24) is 0 Å². The second kappa shape index (κ2) is 11.1. The number of hydrogen-bond donors (Lipinski definition) is 1. The van der Waals surface area contributed by atoms with Crippen molar-refractivity contribution in [3.05, 3.63) is 119 Å². The lowest BCUT2D eigenvalue weighted by Crippen LogP contribution is -2.36. The monoisotopic (exact) mass is 538 g/mol. The van der Waals surface area contributed by atoms with E-state index < -0.39 is 5.97 Å². The molecule has 4 aromatic rings. The first-order valence-corrected chi connectivity index (χ1v) is 13.1. The minimum Gasteiger partial charge on any atom is -0.478 e. The Balaban J connectivity index is 1.49. The van der Waals surface area contributed by atoms with Gasteiger partial charge in [-0.1, -0.05) is 36.2 Å². The molecular formula is C32H27ClN2O4. The fourth-order valence-electron chi connectivity index (χ4n) is 4.63. The van der Waals surface area contributed by atoms with Crippen LogP contribution in [0.1, 0.15) is 45.5 Å². The first-order chi connectivity index (χ1) is 18.8. The van der Waals surface area contributed by atoms with Gasteiger partial charge >= 0.3 is 5.97 Å². The number of rotatable bonds is 8. The van der Waals surface area contributed by atoms with E-state index in [1.54, 1.807) is 30.3 Å². The molecule has 6 nitrogen and oxygen atoms in total. The number of aromatic carboxylic acids is 1. The van der Waals surface area contributed by atoms with Gasteiger partial charge in [-0.3, -0.25) is 14.5 Å². The quantitative estimate of drug-likeness (QED) is 0.235. The number of carboxylic acids is 1. The Morgan fingerprint density at radius 1 is 0.718 bits per heavy atom. The number of halogens is 1. The van der Waals surface area contributed by atoms with Crippen LogP contribution in [0.4, 0.5) is 22.7 Å². The van der Waals surface area contributed by atoms with Gasteiger partial charge in [-0.05, 0) is 91.7 Å². The minimum absolute atomic E-state index is 0.0581. The molecule has 0 aliphatic heterocycles. The van der Waals surface area contributed by atoms with E-state index in [-0.39, 0.29) is 28.7 Å². The third-order valence-electron chi connectivity index (χ3n) is 7.11. The van der Waals surface area contributed by atoms with Crippen molar-refractivity contribution < 1.29 is 19.5 Å². The number of para-hydroxylation sites is 1. The third kappa shape index (κ3) is 5.56. The Morgan fingerprint density at radius 3 is 1.87 bits per heavy atom. The van der Waals surface area contributed by atoms with Gasteiger partial charge < -0.3 is 10.0 Å². The molecule has 0 spiro atoms. The van der Waals surface area contributed by atoms with Crippen LogP contribution in [0, 0.1) is 5.92 Å². The van der Waals surface area contributed by atoms with Crippen LogP contribution >= 0.6 is 11.6 Å². The molecule has 0 radical (unpaired) electrons. The predicted molar refractivity (Wildman–Crippen MR) is 154 cm³/mol. The van der Waals surface area contributed by atoms with Gasteiger partial charge in [0.2, 0.25) is 5.91 Å². The molecule has 4 aromatic carbocycles. The lowest BCUT2D eigenvalue weighted by atomic mass is 9.84. The highest BCUT2D eigenvalue weighted by atomic mass is 35.5. The van der Waals surface area contributed by atoms with Crippen LogP contribution in [0.15, 0.2) is 97.1 Å². The molecule has 7 heteroatoms. The average molecular weight is 539 g/mol. The maximum absolute atomic E-state index is 13.6. The van der Waals surface area contributed by atoms with E-state index in [1.807, 2.05) is 66.5 Å². The molecule has 1 saturated carbocycles. The minimum atomic E-state index is -1.17. The van der Waals surface area contributed by atoms with Gasteiger partial charge in [0.25, 0.3) is 0 Å². The summed E-state index contributed by atoms with van der Waals surface area (Å²) in [6, 6.07) is 28.1. The van der Waals surface area contributed by atoms with Crippen LogP contribution in [-0.2, 0) is 4.79 Å². The van der Waals surface area contributed by atoms with Crippen molar-refractivity contribution in [2.75, 3.05) is 16.8 Å². The van der Waals surface area contributed by atoms with Gasteiger partial charge in [0.15, 0.2) is 5.78 Å². The van der Waals surface area contributed by atoms with Gasteiger partial charge in [0.1, 0.15) is 0 Å². The highest BCUT2D eigenvalue weighted by Gasteiger charge is 2.32. The largest absolute Gasteiger partial charge is 0.478 e. The molecule has 1 amide bonds. The Hall–Kier alpha value is -4.42. The van der Waals surface area contributed by atoms with Crippen molar-refractivity contribution in [1.29, 1.82) is 0 Å². The summed E-state index contributed by atoms with van der Waals surface area (Å²) in [5, 5.41) is 10.5. The number of amides is 1. The Labute approximate surface area is 232 Å². The summed E-state index contributed by atoms with van der Waals surface area (Å²) >= 11 is 6.00. The molecule has 196 valence electrons. The van der Waals surface area contributed by atoms with E-state index in [0.29, 0.717) is 22.0 Å². The standard InChI is InChI=1S/C32H27ClN2O4/c1-34(27-16-12-25(33)13-17-27)26-14-10-21(11-15-26)30(36)23-18-24(32(38)39)20-29(19-23)35(28-8-3-2-4-9-28)31(37)22-6-5-7-22/h2-4,8-20,22H,5-7H2,1H3,(H,38,39). The summed E-state index contributed by atoms with van der Waals surface area (Å²) in [5.74, 6) is -1.72. The summed E-state index contributed by atoms with van der Waals surface area (Å²) < 4.78 is 0. The maximum atomic E-state index is 13.6. The van der Waals surface area contributed by atoms with Crippen LogP contribution in [0.3, 0.4) is 0 Å². The molecule has 1 fully saturated rings. The predicted octanol–water partition coefficient (Wildman–Crippen LogP) is 7.50. The summed E-state index contributed by atoms with van der Waals surface area (Å²) in [6.07, 6.45) is 2.58. The number of ketones is 1. The summed E-state index contributed by atoms with van der Waals surface area (Å²) in [5.41, 5.74) is 3.35. The Kier molecular flexibility index (Phi) is 7.48. The molecule has 0 heterocycles. The number of benzene rings is 4. The zero-order chi connectivity index (χ0) is 27.5. The molecular weight excluding hydrogens is 512 g/mol. The summed E-state index contributed by atoms with van der Waals surface area (Å²) in [4.78, 5) is 42.6. The van der Waals surface area contributed by atoms with E-state index in [4.69, 9.17) is 11.6 Å². The lowest BCUT2D eigenvalue weighted by molar-refractivity contribution is -0.123. The molecule has 39 heavy (non-hydrogen) atoms. The Bertz CT molecular complexity index is 1510. The molecule has 1 aliphatic rings. The Morgan fingerprint density at radius 2 is 1.31 bits per heavy atom. The molecule has 0 bridgehead atoms. The second-order valence-electron chi connectivity index (χ2n) is 9.62. The molecule has 0 unspecified atom stereocenters. The van der Waals surface area contributed by atoms with Gasteiger partial charge in [0, 0.05) is 46.2 Å². The summed E-state index contributed by atoms with van der Waals surface area (Å²) in [6.45, 7) is 0. The van der Waals surface area contributed by atoms with Crippen molar-refractivity contribution >= 4 is 52.0 Å². The van der Waals surface area contributed by atoms with E-state index in [0.717, 1.165) is 30.6 Å². The molecule has 0 aromatic heterocycles. The van der Waals surface area contributed by atoms with Crippen molar-refractivity contribution in [3.63, 3.8) is 0 Å².